The number of aromatic amines is 1. The first kappa shape index (κ1) is 9.51. The Kier molecular flexibility index (Phi) is 1.90. The summed E-state index contributed by atoms with van der Waals surface area (Å²) in [5.41, 5.74) is 6.90. The van der Waals surface area contributed by atoms with E-state index in [-0.39, 0.29) is 0 Å². The smallest absolute Gasteiger partial charge is 0.263 e. The highest BCUT2D eigenvalue weighted by Crippen LogP contribution is 2.24. The van der Waals surface area contributed by atoms with Gasteiger partial charge in [-0.05, 0) is 0 Å². The summed E-state index contributed by atoms with van der Waals surface area (Å²) in [6.45, 7) is 0. The van der Waals surface area contributed by atoms with Crippen LogP contribution in [-0.2, 0) is 7.05 Å². The zero-order chi connectivity index (χ0) is 11.8. The number of nitrogens with zero attached hydrogens (tertiary/aromatic N) is 6. The number of H-pyrrole nitrogens is 1. The van der Waals surface area contributed by atoms with E-state index in [1.54, 1.807) is 13.2 Å². The number of aromatic nitrogens is 7. The van der Waals surface area contributed by atoms with Crippen molar-refractivity contribution in [2.45, 2.75) is 0 Å². The molecule has 0 aromatic carbocycles. The van der Waals surface area contributed by atoms with Crippen molar-refractivity contribution >= 4 is 5.82 Å². The van der Waals surface area contributed by atoms with Gasteiger partial charge in [-0.2, -0.15) is 25.5 Å². The van der Waals surface area contributed by atoms with Crippen molar-refractivity contribution in [1.82, 2.24) is 35.3 Å². The van der Waals surface area contributed by atoms with Gasteiger partial charge in [0, 0.05) is 7.05 Å². The summed E-state index contributed by atoms with van der Waals surface area (Å²) in [7, 11) is 1.73. The normalized spacial score (nSPS) is 10.9. The fourth-order valence-electron chi connectivity index (χ4n) is 1.36. The second-order valence-corrected chi connectivity index (χ2v) is 3.35. The van der Waals surface area contributed by atoms with Crippen molar-refractivity contribution in [2.75, 3.05) is 5.73 Å². The molecule has 3 heterocycles. The fraction of sp³-hybridized carbons (Fsp3) is 0.125. The SMILES string of the molecule is Cn1ncc(-c2nc(-c3cn[nH]n3)no2)c1N. The van der Waals surface area contributed by atoms with E-state index < -0.39 is 0 Å². The zero-order valence-corrected chi connectivity index (χ0v) is 8.82. The third-order valence-electron chi connectivity index (χ3n) is 2.29. The standard InChI is InChI=1S/C8H8N8O/c1-16-6(9)4(2-11-16)8-12-7(14-17-8)5-3-10-15-13-5/h2-3H,9H2,1H3,(H,10,13,15). The van der Waals surface area contributed by atoms with E-state index >= 15 is 0 Å². The molecular formula is C8H8N8O. The molecule has 0 spiro atoms. The summed E-state index contributed by atoms with van der Waals surface area (Å²) < 4.78 is 6.62. The van der Waals surface area contributed by atoms with Gasteiger partial charge >= 0.3 is 0 Å². The highest BCUT2D eigenvalue weighted by atomic mass is 16.5. The minimum absolute atomic E-state index is 0.300. The average Bonchev–Trinajstić information content (AvgIpc) is 3.01. The Morgan fingerprint density at radius 3 is 2.94 bits per heavy atom. The molecule has 0 unspecified atom stereocenters. The maximum absolute atomic E-state index is 5.80. The molecule has 0 atom stereocenters. The number of aryl methyl sites for hydroxylation is 1. The number of hydrogen-bond donors (Lipinski definition) is 2. The van der Waals surface area contributed by atoms with Crippen LogP contribution in [0.5, 0.6) is 0 Å². The molecule has 9 nitrogen and oxygen atoms in total. The molecule has 3 aromatic heterocycles. The number of rotatable bonds is 2. The van der Waals surface area contributed by atoms with Gasteiger partial charge in [0.15, 0.2) is 5.69 Å². The van der Waals surface area contributed by atoms with Crippen LogP contribution in [0.25, 0.3) is 23.0 Å². The van der Waals surface area contributed by atoms with Gasteiger partial charge in [0.25, 0.3) is 5.89 Å². The van der Waals surface area contributed by atoms with E-state index in [2.05, 4.69) is 30.7 Å². The first-order valence-corrected chi connectivity index (χ1v) is 4.73. The van der Waals surface area contributed by atoms with Gasteiger partial charge in [0.1, 0.15) is 11.4 Å². The minimum atomic E-state index is 0.300. The average molecular weight is 232 g/mol. The summed E-state index contributed by atoms with van der Waals surface area (Å²) in [5.74, 6) is 1.10. The van der Waals surface area contributed by atoms with Crippen molar-refractivity contribution in [1.29, 1.82) is 0 Å². The van der Waals surface area contributed by atoms with E-state index in [1.165, 1.54) is 10.9 Å². The Morgan fingerprint density at radius 2 is 2.29 bits per heavy atom. The Bertz CT molecular complexity index is 636. The molecule has 0 radical (unpaired) electrons. The quantitative estimate of drug-likeness (QED) is 0.628. The van der Waals surface area contributed by atoms with Crippen molar-refractivity contribution in [3.63, 3.8) is 0 Å². The third kappa shape index (κ3) is 1.44. The topological polar surface area (TPSA) is 124 Å². The van der Waals surface area contributed by atoms with Gasteiger partial charge in [-0.3, -0.25) is 4.68 Å². The van der Waals surface area contributed by atoms with Crippen molar-refractivity contribution in [3.05, 3.63) is 12.4 Å². The monoisotopic (exact) mass is 232 g/mol. The zero-order valence-electron chi connectivity index (χ0n) is 8.82. The van der Waals surface area contributed by atoms with Crippen LogP contribution in [0.2, 0.25) is 0 Å². The molecule has 0 amide bonds. The first-order chi connectivity index (χ1) is 8.25. The largest absolute Gasteiger partial charge is 0.383 e. The fourth-order valence-corrected chi connectivity index (χ4v) is 1.36. The minimum Gasteiger partial charge on any atom is -0.383 e. The van der Waals surface area contributed by atoms with Gasteiger partial charge in [0.2, 0.25) is 5.82 Å². The molecular weight excluding hydrogens is 224 g/mol. The summed E-state index contributed by atoms with van der Waals surface area (Å²) in [6, 6.07) is 0. The van der Waals surface area contributed by atoms with E-state index in [0.717, 1.165) is 0 Å². The second-order valence-electron chi connectivity index (χ2n) is 3.35. The van der Waals surface area contributed by atoms with Crippen LogP contribution in [0.3, 0.4) is 0 Å². The van der Waals surface area contributed by atoms with E-state index in [1.807, 2.05) is 0 Å². The van der Waals surface area contributed by atoms with Gasteiger partial charge in [-0.1, -0.05) is 5.16 Å². The van der Waals surface area contributed by atoms with Crippen LogP contribution in [0.4, 0.5) is 5.82 Å². The summed E-state index contributed by atoms with van der Waals surface area (Å²) in [5, 5.41) is 17.8. The molecule has 3 aromatic rings. The molecule has 17 heavy (non-hydrogen) atoms. The number of nitrogens with one attached hydrogen (secondary N) is 1. The Hall–Kier alpha value is -2.71. The van der Waals surface area contributed by atoms with Crippen LogP contribution >= 0.6 is 0 Å². The summed E-state index contributed by atoms with van der Waals surface area (Å²) in [6.07, 6.45) is 3.07. The predicted molar refractivity (Wildman–Crippen MR) is 56.3 cm³/mol. The number of anilines is 1. The molecule has 0 saturated carbocycles. The molecule has 0 bridgehead atoms. The van der Waals surface area contributed by atoms with Crippen LogP contribution < -0.4 is 5.73 Å². The van der Waals surface area contributed by atoms with Gasteiger partial charge in [-0.25, -0.2) is 0 Å². The molecule has 0 aliphatic heterocycles. The van der Waals surface area contributed by atoms with Gasteiger partial charge in [0.05, 0.1) is 12.4 Å². The Morgan fingerprint density at radius 1 is 1.41 bits per heavy atom. The van der Waals surface area contributed by atoms with E-state index in [4.69, 9.17) is 10.3 Å². The highest BCUT2D eigenvalue weighted by Gasteiger charge is 2.16. The molecule has 86 valence electrons. The number of nitrogens with two attached hydrogens (primary N) is 1. The lowest BCUT2D eigenvalue weighted by Gasteiger charge is -1.93. The lowest BCUT2D eigenvalue weighted by molar-refractivity contribution is 0.432. The first-order valence-electron chi connectivity index (χ1n) is 4.73. The molecule has 0 aliphatic carbocycles. The maximum Gasteiger partial charge on any atom is 0.263 e. The molecule has 9 heteroatoms. The number of hydrogen-bond acceptors (Lipinski definition) is 7. The molecule has 3 rings (SSSR count). The lowest BCUT2D eigenvalue weighted by atomic mass is 10.3. The van der Waals surface area contributed by atoms with Gasteiger partial charge in [-0.15, -0.1) is 0 Å². The molecule has 0 saturated heterocycles. The molecule has 3 N–H and O–H groups in total. The van der Waals surface area contributed by atoms with E-state index in [9.17, 15) is 0 Å². The van der Waals surface area contributed by atoms with Crippen molar-refractivity contribution in [2.24, 2.45) is 7.05 Å². The second kappa shape index (κ2) is 3.40. The van der Waals surface area contributed by atoms with Crippen LogP contribution in [0.1, 0.15) is 0 Å². The van der Waals surface area contributed by atoms with Crippen molar-refractivity contribution in [3.8, 4) is 23.0 Å². The van der Waals surface area contributed by atoms with Crippen LogP contribution in [0, 0.1) is 0 Å². The Balaban J connectivity index is 2.04. The van der Waals surface area contributed by atoms with Gasteiger partial charge < -0.3 is 10.3 Å². The van der Waals surface area contributed by atoms with Crippen LogP contribution in [0.15, 0.2) is 16.9 Å². The van der Waals surface area contributed by atoms with E-state index in [0.29, 0.717) is 28.8 Å². The summed E-state index contributed by atoms with van der Waals surface area (Å²) in [4.78, 5) is 4.16. The predicted octanol–water partition coefficient (Wildman–Crippen LogP) is -0.163. The summed E-state index contributed by atoms with van der Waals surface area (Å²) >= 11 is 0. The molecule has 0 aliphatic rings. The Labute approximate surface area is 94.6 Å². The third-order valence-corrected chi connectivity index (χ3v) is 2.29. The van der Waals surface area contributed by atoms with Crippen LogP contribution in [-0.4, -0.2) is 35.3 Å². The number of nitrogen functional groups attached to an aromatic ring is 1. The highest BCUT2D eigenvalue weighted by molar-refractivity contribution is 5.67. The maximum atomic E-state index is 5.80. The molecule has 0 fully saturated rings. The van der Waals surface area contributed by atoms with Crippen molar-refractivity contribution < 1.29 is 4.52 Å². The lowest BCUT2D eigenvalue weighted by Crippen LogP contribution is -1.98.